The van der Waals surface area contributed by atoms with Gasteiger partial charge in [0.2, 0.25) is 11.8 Å². The molecule has 0 spiro atoms. The number of hydrogen-bond donors (Lipinski definition) is 2. The number of amides is 3. The van der Waals surface area contributed by atoms with Gasteiger partial charge in [-0.2, -0.15) is 0 Å². The van der Waals surface area contributed by atoms with Crippen LogP contribution in [0.5, 0.6) is 0 Å². The molecule has 0 unspecified atom stereocenters. The number of carbonyl (C=O) groups excluding carboxylic acids is 3. The van der Waals surface area contributed by atoms with Gasteiger partial charge in [-0.15, -0.1) is 0 Å². The summed E-state index contributed by atoms with van der Waals surface area (Å²) in [6, 6.07) is 28.5. The molecule has 1 heterocycles. The molecule has 3 amide bonds. The summed E-state index contributed by atoms with van der Waals surface area (Å²) in [6.45, 7) is 0. The smallest absolute Gasteiger partial charge is 0.335 e. The fraction of sp³-hybridized carbons (Fsp3) is 0.125. The Labute approximate surface area is 223 Å². The van der Waals surface area contributed by atoms with E-state index in [-0.39, 0.29) is 34.8 Å². The largest absolute Gasteiger partial charge is 0.478 e. The van der Waals surface area contributed by atoms with Crippen LogP contribution in [0.25, 0.3) is 0 Å². The summed E-state index contributed by atoms with van der Waals surface area (Å²) in [6.07, 6.45) is 0. The topological polar surface area (TPSA) is 104 Å². The molecule has 8 rings (SSSR count). The van der Waals surface area contributed by atoms with Crippen molar-refractivity contribution in [1.29, 1.82) is 0 Å². The first-order valence-electron chi connectivity index (χ1n) is 12.7. The summed E-state index contributed by atoms with van der Waals surface area (Å²) >= 11 is 0. The van der Waals surface area contributed by atoms with Crippen molar-refractivity contribution in [3.63, 3.8) is 0 Å². The van der Waals surface area contributed by atoms with Crippen LogP contribution in [-0.2, 0) is 9.59 Å². The first-order valence-corrected chi connectivity index (χ1v) is 12.7. The minimum absolute atomic E-state index is 0.112. The van der Waals surface area contributed by atoms with Gasteiger partial charge in [0.25, 0.3) is 5.91 Å². The van der Waals surface area contributed by atoms with Gasteiger partial charge < -0.3 is 10.4 Å². The third kappa shape index (κ3) is 3.36. The Bertz CT molecular complexity index is 1590. The predicted octanol–water partition coefficient (Wildman–Crippen LogP) is 5.03. The second kappa shape index (κ2) is 8.49. The van der Waals surface area contributed by atoms with Crippen LogP contribution >= 0.6 is 0 Å². The molecule has 0 radical (unpaired) electrons. The molecule has 4 aliphatic rings. The average molecular weight is 515 g/mol. The summed E-state index contributed by atoms with van der Waals surface area (Å²) in [5, 5.41) is 11.8. The number of imide groups is 1. The van der Waals surface area contributed by atoms with Crippen LogP contribution in [0, 0.1) is 11.8 Å². The van der Waals surface area contributed by atoms with Crippen molar-refractivity contribution in [2.24, 2.45) is 11.8 Å². The minimum Gasteiger partial charge on any atom is -0.478 e. The van der Waals surface area contributed by atoms with Crippen LogP contribution in [-0.4, -0.2) is 28.8 Å². The van der Waals surface area contributed by atoms with E-state index in [1.807, 2.05) is 24.3 Å². The number of rotatable bonds is 4. The summed E-state index contributed by atoms with van der Waals surface area (Å²) in [4.78, 5) is 53.3. The Balaban J connectivity index is 1.22. The minimum atomic E-state index is -1.05. The Morgan fingerprint density at radius 2 is 1.15 bits per heavy atom. The second-order valence-electron chi connectivity index (χ2n) is 10.2. The highest BCUT2D eigenvalue weighted by molar-refractivity contribution is 6.23. The number of nitrogens with zero attached hydrogens (tertiary/aromatic N) is 1. The highest BCUT2D eigenvalue weighted by Crippen LogP contribution is 2.61. The van der Waals surface area contributed by atoms with Gasteiger partial charge in [-0.1, -0.05) is 54.6 Å². The van der Waals surface area contributed by atoms with Gasteiger partial charge in [0, 0.05) is 23.1 Å². The molecular weight excluding hydrogens is 492 g/mol. The van der Waals surface area contributed by atoms with Crippen LogP contribution in [0.3, 0.4) is 0 Å². The van der Waals surface area contributed by atoms with Crippen LogP contribution in [0.4, 0.5) is 11.4 Å². The van der Waals surface area contributed by atoms with Crippen molar-refractivity contribution in [2.45, 2.75) is 11.8 Å². The standard InChI is InChI=1S/C32H22N2O5/c35-29(33-19-14-12-17(13-15-19)32(38)39)18-6-5-7-20(16-18)34-30(36)27-25-21-8-1-2-9-22(21)26(28(27)31(34)37)24-11-4-3-10-23(24)25/h1-16,25-28H,(H,33,35)(H,38,39)/t25?,26?,27-,28-/m1/s1. The van der Waals surface area contributed by atoms with Gasteiger partial charge in [-0.05, 0) is 64.7 Å². The maximum Gasteiger partial charge on any atom is 0.335 e. The van der Waals surface area contributed by atoms with Crippen LogP contribution in [0.15, 0.2) is 97.1 Å². The number of nitrogens with one attached hydrogen (secondary N) is 1. The van der Waals surface area contributed by atoms with E-state index in [4.69, 9.17) is 5.11 Å². The van der Waals surface area contributed by atoms with Gasteiger partial charge in [-0.3, -0.25) is 14.4 Å². The first-order chi connectivity index (χ1) is 18.9. The zero-order valence-electron chi connectivity index (χ0n) is 20.6. The maximum atomic E-state index is 14.0. The van der Waals surface area contributed by atoms with Crippen LogP contribution in [0.2, 0.25) is 0 Å². The van der Waals surface area contributed by atoms with Crippen molar-refractivity contribution < 1.29 is 24.3 Å². The van der Waals surface area contributed by atoms with E-state index in [0.29, 0.717) is 11.4 Å². The number of carboxylic acids is 1. The molecule has 190 valence electrons. The number of benzene rings is 4. The number of anilines is 2. The molecule has 7 heteroatoms. The molecule has 0 aromatic heterocycles. The van der Waals surface area contributed by atoms with Gasteiger partial charge in [0.1, 0.15) is 0 Å². The predicted molar refractivity (Wildman–Crippen MR) is 144 cm³/mol. The SMILES string of the molecule is O=C(O)c1ccc(NC(=O)c2cccc(N3C(=O)[C@@H]4C5c6ccccc6C(c6ccccc65)[C@H]4C3=O)c2)cc1. The Kier molecular flexibility index (Phi) is 5.03. The van der Waals surface area contributed by atoms with Crippen molar-refractivity contribution >= 4 is 35.1 Å². The number of hydrogen-bond acceptors (Lipinski definition) is 4. The number of aromatic carboxylic acids is 1. The summed E-state index contributed by atoms with van der Waals surface area (Å²) in [5.41, 5.74) is 5.60. The molecule has 1 fully saturated rings. The van der Waals surface area contributed by atoms with E-state index < -0.39 is 23.7 Å². The van der Waals surface area contributed by atoms with E-state index in [9.17, 15) is 19.2 Å². The highest BCUT2D eigenvalue weighted by atomic mass is 16.4. The summed E-state index contributed by atoms with van der Waals surface area (Å²) < 4.78 is 0. The lowest BCUT2D eigenvalue weighted by Crippen LogP contribution is -2.41. The monoisotopic (exact) mass is 514 g/mol. The Hall–Kier alpha value is -5.04. The van der Waals surface area contributed by atoms with E-state index in [2.05, 4.69) is 29.6 Å². The summed E-state index contributed by atoms with van der Waals surface area (Å²) in [7, 11) is 0. The molecule has 4 aromatic rings. The van der Waals surface area contributed by atoms with Gasteiger partial charge in [0.05, 0.1) is 23.1 Å². The first kappa shape index (κ1) is 23.1. The van der Waals surface area contributed by atoms with Gasteiger partial charge in [-0.25, -0.2) is 9.69 Å². The van der Waals surface area contributed by atoms with Gasteiger partial charge in [0.15, 0.2) is 0 Å². The second-order valence-corrected chi connectivity index (χ2v) is 10.2. The molecule has 4 aromatic carbocycles. The molecule has 3 aliphatic carbocycles. The number of carboxylic acid groups (broad SMARTS) is 1. The number of carbonyl (C=O) groups is 4. The van der Waals surface area contributed by atoms with E-state index in [0.717, 1.165) is 22.3 Å². The maximum absolute atomic E-state index is 14.0. The van der Waals surface area contributed by atoms with E-state index >= 15 is 0 Å². The average Bonchev–Trinajstić information content (AvgIpc) is 3.23. The molecule has 1 aliphatic heterocycles. The van der Waals surface area contributed by atoms with Crippen molar-refractivity contribution in [1.82, 2.24) is 0 Å². The molecule has 1 saturated heterocycles. The Morgan fingerprint density at radius 1 is 0.641 bits per heavy atom. The van der Waals surface area contributed by atoms with Crippen molar-refractivity contribution in [3.8, 4) is 0 Å². The normalized spacial score (nSPS) is 22.2. The molecule has 0 saturated carbocycles. The fourth-order valence-electron chi connectivity index (χ4n) is 6.62. The summed E-state index contributed by atoms with van der Waals surface area (Å²) in [5.74, 6) is -3.38. The molecule has 2 N–H and O–H groups in total. The lowest BCUT2D eigenvalue weighted by Gasteiger charge is -2.45. The highest BCUT2D eigenvalue weighted by Gasteiger charge is 2.61. The van der Waals surface area contributed by atoms with E-state index in [1.165, 1.54) is 29.2 Å². The van der Waals surface area contributed by atoms with Crippen molar-refractivity contribution in [2.75, 3.05) is 10.2 Å². The zero-order valence-corrected chi connectivity index (χ0v) is 20.6. The third-order valence-electron chi connectivity index (χ3n) is 8.20. The van der Waals surface area contributed by atoms with Crippen molar-refractivity contribution in [3.05, 3.63) is 130 Å². The fourth-order valence-corrected chi connectivity index (χ4v) is 6.62. The lowest BCUT2D eigenvalue weighted by atomic mass is 9.55. The van der Waals surface area contributed by atoms with Crippen LogP contribution < -0.4 is 10.2 Å². The zero-order chi connectivity index (χ0) is 26.8. The quantitative estimate of drug-likeness (QED) is 0.372. The Morgan fingerprint density at radius 3 is 1.64 bits per heavy atom. The van der Waals surface area contributed by atoms with Crippen LogP contribution in [0.1, 0.15) is 54.8 Å². The molecule has 39 heavy (non-hydrogen) atoms. The lowest BCUT2D eigenvalue weighted by molar-refractivity contribution is -0.122. The van der Waals surface area contributed by atoms with E-state index in [1.54, 1.807) is 24.3 Å². The molecule has 2 bridgehead atoms. The molecule has 2 atom stereocenters. The molecular formula is C32H22N2O5. The van der Waals surface area contributed by atoms with Gasteiger partial charge >= 0.3 is 5.97 Å². The third-order valence-corrected chi connectivity index (χ3v) is 8.20. The molecule has 7 nitrogen and oxygen atoms in total.